The van der Waals surface area contributed by atoms with Gasteiger partial charge in [-0.05, 0) is 43.7 Å². The summed E-state index contributed by atoms with van der Waals surface area (Å²) in [6, 6.07) is 4.14. The fourth-order valence-electron chi connectivity index (χ4n) is 3.47. The summed E-state index contributed by atoms with van der Waals surface area (Å²) in [6.45, 7) is 0. The molecule has 0 aromatic carbocycles. The molecule has 0 saturated heterocycles. The van der Waals surface area contributed by atoms with Crippen LogP contribution < -0.4 is 16.8 Å². The quantitative estimate of drug-likeness (QED) is 0.683. The predicted molar refractivity (Wildman–Crippen MR) is 94.1 cm³/mol. The van der Waals surface area contributed by atoms with E-state index in [1.165, 1.54) is 0 Å². The van der Waals surface area contributed by atoms with E-state index in [0.29, 0.717) is 23.3 Å². The molecule has 0 bridgehead atoms. The molecule has 7 nitrogen and oxygen atoms in total. The molecule has 0 atom stereocenters. The summed E-state index contributed by atoms with van der Waals surface area (Å²) in [5, 5.41) is 8.06. The van der Waals surface area contributed by atoms with E-state index >= 15 is 0 Å². The minimum Gasteiger partial charge on any atom is -0.395 e. The van der Waals surface area contributed by atoms with Crippen molar-refractivity contribution in [3.05, 3.63) is 42.5 Å². The summed E-state index contributed by atoms with van der Waals surface area (Å²) in [5.74, 6) is 1.12. The van der Waals surface area contributed by atoms with E-state index < -0.39 is 0 Å². The van der Waals surface area contributed by atoms with Gasteiger partial charge in [-0.3, -0.25) is 4.98 Å². The van der Waals surface area contributed by atoms with Gasteiger partial charge in [0.15, 0.2) is 11.5 Å². The number of pyridine rings is 1. The highest BCUT2D eigenvalue weighted by molar-refractivity contribution is 5.76. The summed E-state index contributed by atoms with van der Waals surface area (Å²) in [7, 11) is 0. The second-order valence-electron chi connectivity index (χ2n) is 6.35. The molecule has 5 N–H and O–H groups in total. The lowest BCUT2D eigenvalue weighted by atomic mass is 9.81. The van der Waals surface area contributed by atoms with Gasteiger partial charge >= 0.3 is 0 Å². The van der Waals surface area contributed by atoms with Crippen LogP contribution in [0.15, 0.2) is 36.9 Å². The van der Waals surface area contributed by atoms with Gasteiger partial charge in [0.2, 0.25) is 0 Å². The summed E-state index contributed by atoms with van der Waals surface area (Å²) >= 11 is 0. The molecular weight excluding hydrogens is 302 g/mol. The van der Waals surface area contributed by atoms with Crippen molar-refractivity contribution in [1.29, 1.82) is 0 Å². The van der Waals surface area contributed by atoms with Crippen molar-refractivity contribution in [3.63, 3.8) is 0 Å². The fourth-order valence-corrected chi connectivity index (χ4v) is 3.47. The minimum absolute atomic E-state index is 0.292. The molecule has 0 aliphatic heterocycles. The molecule has 3 aromatic rings. The lowest BCUT2D eigenvalue weighted by molar-refractivity contribution is 0.396. The van der Waals surface area contributed by atoms with Crippen LogP contribution in [-0.4, -0.2) is 25.6 Å². The first-order chi connectivity index (χ1) is 11.7. The number of nitrogen functional groups attached to an aromatic ring is 1. The molecule has 3 heterocycles. The van der Waals surface area contributed by atoms with Gasteiger partial charge in [0.25, 0.3) is 0 Å². The van der Waals surface area contributed by atoms with Crippen LogP contribution in [0.25, 0.3) is 5.65 Å². The maximum Gasteiger partial charge on any atom is 0.177 e. The van der Waals surface area contributed by atoms with Crippen LogP contribution in [0, 0.1) is 0 Å². The lowest BCUT2D eigenvalue weighted by Crippen LogP contribution is -2.26. The molecule has 0 spiro atoms. The second kappa shape index (κ2) is 6.09. The number of fused-ring (bicyclic) bond motifs is 1. The third-order valence-electron chi connectivity index (χ3n) is 4.72. The van der Waals surface area contributed by atoms with Crippen molar-refractivity contribution in [1.82, 2.24) is 19.6 Å². The number of imidazole rings is 1. The smallest absolute Gasteiger partial charge is 0.177 e. The first kappa shape index (κ1) is 14.9. The minimum atomic E-state index is 0.292. The summed E-state index contributed by atoms with van der Waals surface area (Å²) < 4.78 is 1.71. The number of nitrogens with one attached hydrogen (secondary N) is 1. The fraction of sp³-hybridized carbons (Fsp3) is 0.353. The Balaban J connectivity index is 1.79. The molecule has 0 amide bonds. The number of anilines is 3. The van der Waals surface area contributed by atoms with Crippen molar-refractivity contribution < 1.29 is 0 Å². The molecule has 4 rings (SSSR count). The van der Waals surface area contributed by atoms with Gasteiger partial charge in [0, 0.05) is 30.2 Å². The highest BCUT2D eigenvalue weighted by atomic mass is 15.3. The molecule has 1 aliphatic rings. The van der Waals surface area contributed by atoms with Gasteiger partial charge < -0.3 is 16.8 Å². The zero-order chi connectivity index (χ0) is 16.5. The Hall–Kier alpha value is -2.67. The van der Waals surface area contributed by atoms with Crippen molar-refractivity contribution >= 4 is 22.8 Å². The number of hydrogen-bond donors (Lipinski definition) is 3. The Labute approximate surface area is 140 Å². The highest BCUT2D eigenvalue weighted by Crippen LogP contribution is 2.40. The average molecular weight is 323 g/mol. The van der Waals surface area contributed by atoms with Crippen LogP contribution in [0.3, 0.4) is 0 Å². The van der Waals surface area contributed by atoms with Gasteiger partial charge in [0.1, 0.15) is 0 Å². The van der Waals surface area contributed by atoms with Gasteiger partial charge in [-0.2, -0.15) is 0 Å². The zero-order valence-electron chi connectivity index (χ0n) is 13.4. The Kier molecular flexibility index (Phi) is 3.78. The molecule has 0 unspecified atom stereocenters. The largest absolute Gasteiger partial charge is 0.395 e. The summed E-state index contributed by atoms with van der Waals surface area (Å²) in [6.07, 6.45) is 11.1. The van der Waals surface area contributed by atoms with Gasteiger partial charge in [-0.1, -0.05) is 0 Å². The maximum absolute atomic E-state index is 6.47. The van der Waals surface area contributed by atoms with Crippen LogP contribution >= 0.6 is 0 Å². The normalized spacial score (nSPS) is 21.0. The van der Waals surface area contributed by atoms with Crippen molar-refractivity contribution in [2.24, 2.45) is 5.73 Å². The lowest BCUT2D eigenvalue weighted by Gasteiger charge is -2.28. The molecular formula is C17H21N7. The Bertz CT molecular complexity index is 835. The van der Waals surface area contributed by atoms with Crippen molar-refractivity contribution in [2.75, 3.05) is 11.1 Å². The van der Waals surface area contributed by atoms with Gasteiger partial charge in [0.05, 0.1) is 17.6 Å². The van der Waals surface area contributed by atoms with E-state index in [1.807, 2.05) is 12.1 Å². The molecule has 7 heteroatoms. The SMILES string of the molecule is Nc1c2nccn2nc(Nc2cccnc2)c1[C@H]1CC[C@H](N)CC1. The number of rotatable bonds is 3. The highest BCUT2D eigenvalue weighted by Gasteiger charge is 2.26. The Morgan fingerprint density at radius 1 is 1.17 bits per heavy atom. The third kappa shape index (κ3) is 2.67. The van der Waals surface area contributed by atoms with E-state index in [2.05, 4.69) is 20.4 Å². The molecule has 124 valence electrons. The zero-order valence-corrected chi connectivity index (χ0v) is 13.4. The van der Waals surface area contributed by atoms with E-state index in [-0.39, 0.29) is 0 Å². The monoisotopic (exact) mass is 323 g/mol. The second-order valence-corrected chi connectivity index (χ2v) is 6.35. The van der Waals surface area contributed by atoms with Crippen molar-refractivity contribution in [3.8, 4) is 0 Å². The molecule has 1 saturated carbocycles. The Morgan fingerprint density at radius 3 is 2.75 bits per heavy atom. The van der Waals surface area contributed by atoms with Gasteiger partial charge in [-0.15, -0.1) is 5.10 Å². The standard InChI is InChI=1S/C17H21N7/c18-12-5-3-11(4-6-12)14-15(19)17-21-8-9-24(17)23-16(14)22-13-2-1-7-20-10-13/h1-2,7-12H,3-6,18-19H2,(H,22,23)/t11-,12-. The average Bonchev–Trinajstić information content (AvgIpc) is 3.06. The van der Waals surface area contributed by atoms with Crippen LogP contribution in [-0.2, 0) is 0 Å². The molecule has 24 heavy (non-hydrogen) atoms. The molecule has 1 aliphatic carbocycles. The first-order valence-electron chi connectivity index (χ1n) is 8.27. The van der Waals surface area contributed by atoms with Gasteiger partial charge in [-0.25, -0.2) is 9.50 Å². The Morgan fingerprint density at radius 2 is 2.00 bits per heavy atom. The molecule has 3 aromatic heterocycles. The number of nitrogens with two attached hydrogens (primary N) is 2. The summed E-state index contributed by atoms with van der Waals surface area (Å²) in [4.78, 5) is 8.50. The third-order valence-corrected chi connectivity index (χ3v) is 4.72. The van der Waals surface area contributed by atoms with Crippen LogP contribution in [0.2, 0.25) is 0 Å². The summed E-state index contributed by atoms with van der Waals surface area (Å²) in [5.41, 5.74) is 15.9. The van der Waals surface area contributed by atoms with E-state index in [4.69, 9.17) is 11.5 Å². The van der Waals surface area contributed by atoms with E-state index in [9.17, 15) is 0 Å². The van der Waals surface area contributed by atoms with Crippen LogP contribution in [0.1, 0.15) is 37.2 Å². The topological polar surface area (TPSA) is 107 Å². The van der Waals surface area contributed by atoms with Crippen LogP contribution in [0.5, 0.6) is 0 Å². The number of hydrogen-bond acceptors (Lipinski definition) is 6. The number of aromatic nitrogens is 4. The maximum atomic E-state index is 6.47. The van der Waals surface area contributed by atoms with Crippen LogP contribution in [0.4, 0.5) is 17.2 Å². The van der Waals surface area contributed by atoms with Crippen molar-refractivity contribution in [2.45, 2.75) is 37.6 Å². The molecule has 0 radical (unpaired) electrons. The van der Waals surface area contributed by atoms with E-state index in [1.54, 1.807) is 29.3 Å². The number of nitrogens with zero attached hydrogens (tertiary/aromatic N) is 4. The first-order valence-corrected chi connectivity index (χ1v) is 8.27. The predicted octanol–water partition coefficient (Wildman–Crippen LogP) is 2.44. The van der Waals surface area contributed by atoms with E-state index in [0.717, 1.165) is 42.8 Å². The molecule has 1 fully saturated rings.